The van der Waals surface area contributed by atoms with Crippen LogP contribution in [0.15, 0.2) is 73.3 Å². The average Bonchev–Trinajstić information content (AvgIpc) is 3.37. The number of hydrogen-bond donors (Lipinski definition) is 1. The molecule has 1 fully saturated rings. The van der Waals surface area contributed by atoms with E-state index < -0.39 is 23.5 Å². The minimum atomic E-state index is -0.755. The van der Waals surface area contributed by atoms with E-state index in [0.717, 1.165) is 0 Å². The molecular formula is C21H19N5O3. The molecule has 0 aromatic carbocycles. The van der Waals surface area contributed by atoms with Gasteiger partial charge in [0, 0.05) is 43.3 Å². The van der Waals surface area contributed by atoms with Gasteiger partial charge in [-0.3, -0.25) is 24.5 Å². The number of aromatic nitrogens is 4. The van der Waals surface area contributed by atoms with Crippen molar-refractivity contribution >= 4 is 17.4 Å². The minimum Gasteiger partial charge on any atom is -0.872 e. The molecule has 0 saturated carbocycles. The van der Waals surface area contributed by atoms with Gasteiger partial charge in [0.2, 0.25) is 12.1 Å². The molecule has 1 aliphatic rings. The van der Waals surface area contributed by atoms with Gasteiger partial charge < -0.3 is 10.0 Å². The number of hydrogen-bond acceptors (Lipinski definition) is 5. The molecule has 0 radical (unpaired) electrons. The fraction of sp³-hybridized carbons (Fsp3) is 0.190. The van der Waals surface area contributed by atoms with Crippen molar-refractivity contribution in [2.45, 2.75) is 19.0 Å². The Bertz CT molecular complexity index is 1030. The number of likely N-dealkylation sites (tertiary alicyclic amines) is 1. The van der Waals surface area contributed by atoms with Gasteiger partial charge in [-0.15, -0.1) is 0 Å². The van der Waals surface area contributed by atoms with E-state index in [1.807, 2.05) is 23.3 Å². The van der Waals surface area contributed by atoms with Gasteiger partial charge in [0.1, 0.15) is 12.4 Å². The fourth-order valence-electron chi connectivity index (χ4n) is 3.53. The van der Waals surface area contributed by atoms with Crippen LogP contribution in [0.3, 0.4) is 0 Å². The highest BCUT2D eigenvalue weighted by atomic mass is 16.3. The highest BCUT2D eigenvalue weighted by Crippen LogP contribution is 2.38. The number of amides is 1. The maximum Gasteiger partial charge on any atom is 0.295 e. The number of rotatable bonds is 6. The smallest absolute Gasteiger partial charge is 0.295 e. The predicted octanol–water partition coefficient (Wildman–Crippen LogP) is 0.407. The van der Waals surface area contributed by atoms with E-state index in [-0.39, 0.29) is 5.57 Å². The highest BCUT2D eigenvalue weighted by Gasteiger charge is 2.44. The van der Waals surface area contributed by atoms with Crippen molar-refractivity contribution in [3.05, 3.63) is 84.5 Å². The molecule has 1 N–H and O–H groups in total. The van der Waals surface area contributed by atoms with Crippen molar-refractivity contribution in [1.82, 2.24) is 19.9 Å². The summed E-state index contributed by atoms with van der Waals surface area (Å²) in [6.07, 6.45) is 12.3. The minimum absolute atomic E-state index is 0.0384. The van der Waals surface area contributed by atoms with Crippen molar-refractivity contribution in [3.8, 4) is 0 Å². The molecule has 4 rings (SSSR count). The van der Waals surface area contributed by atoms with Gasteiger partial charge in [-0.25, -0.2) is 4.57 Å². The first-order valence-corrected chi connectivity index (χ1v) is 9.25. The van der Waals surface area contributed by atoms with Crippen LogP contribution >= 0.6 is 0 Å². The first-order chi connectivity index (χ1) is 14.2. The van der Waals surface area contributed by atoms with Crippen LogP contribution in [0, 0.1) is 0 Å². The molecule has 0 bridgehead atoms. The second-order valence-electron chi connectivity index (χ2n) is 6.70. The third-order valence-electron chi connectivity index (χ3n) is 4.89. The number of Topliss-reactive ketones (excluding diaryl/α,β-unsaturated/α-hetero) is 1. The topological polar surface area (TPSA) is 106 Å². The van der Waals surface area contributed by atoms with Gasteiger partial charge in [-0.05, 0) is 29.3 Å². The number of carbonyl (C=O) groups excluding carboxylic acids is 2. The van der Waals surface area contributed by atoms with Crippen LogP contribution in [0.5, 0.6) is 0 Å². The predicted molar refractivity (Wildman–Crippen MR) is 100 cm³/mol. The first-order valence-electron chi connectivity index (χ1n) is 9.25. The van der Waals surface area contributed by atoms with Crippen molar-refractivity contribution < 1.29 is 19.3 Å². The molecule has 8 nitrogen and oxygen atoms in total. The SMILES string of the molecule is O=C1C(=O)N(CCC[n+]2cc[nH]c2)C(c2cccnc2)C1=C([O-])c1ccncc1. The first kappa shape index (κ1) is 18.5. The second-order valence-corrected chi connectivity index (χ2v) is 6.70. The Kier molecular flexibility index (Phi) is 5.15. The van der Waals surface area contributed by atoms with Gasteiger partial charge in [0.15, 0.2) is 0 Å². The van der Waals surface area contributed by atoms with Crippen molar-refractivity contribution in [2.75, 3.05) is 6.54 Å². The molecule has 1 atom stereocenters. The number of pyridine rings is 2. The summed E-state index contributed by atoms with van der Waals surface area (Å²) in [5, 5.41) is 13.1. The van der Waals surface area contributed by atoms with Crippen LogP contribution in [0.25, 0.3) is 5.76 Å². The van der Waals surface area contributed by atoms with Crippen LogP contribution < -0.4 is 9.67 Å². The summed E-state index contributed by atoms with van der Waals surface area (Å²) in [6.45, 7) is 1.02. The summed E-state index contributed by atoms with van der Waals surface area (Å²) in [7, 11) is 0. The van der Waals surface area contributed by atoms with Crippen molar-refractivity contribution in [3.63, 3.8) is 0 Å². The summed E-state index contributed by atoms with van der Waals surface area (Å²) in [5.41, 5.74) is 0.927. The van der Waals surface area contributed by atoms with E-state index in [0.29, 0.717) is 30.6 Å². The lowest BCUT2D eigenvalue weighted by Gasteiger charge is -2.27. The Morgan fingerprint density at radius 3 is 2.69 bits per heavy atom. The summed E-state index contributed by atoms with van der Waals surface area (Å²) >= 11 is 0. The van der Waals surface area contributed by atoms with Crippen LogP contribution in [-0.2, 0) is 16.1 Å². The van der Waals surface area contributed by atoms with E-state index in [4.69, 9.17) is 0 Å². The van der Waals surface area contributed by atoms with Gasteiger partial charge >= 0.3 is 0 Å². The summed E-state index contributed by atoms with van der Waals surface area (Å²) < 4.78 is 1.95. The summed E-state index contributed by atoms with van der Waals surface area (Å²) in [6, 6.07) is 5.83. The Hall–Kier alpha value is -3.81. The van der Waals surface area contributed by atoms with Crippen LogP contribution in [-0.4, -0.2) is 38.1 Å². The third kappa shape index (κ3) is 3.64. The van der Waals surface area contributed by atoms with E-state index in [9.17, 15) is 14.7 Å². The molecule has 8 heteroatoms. The Balaban J connectivity index is 1.70. The van der Waals surface area contributed by atoms with Crippen LogP contribution in [0.2, 0.25) is 0 Å². The van der Waals surface area contributed by atoms with E-state index in [2.05, 4.69) is 15.0 Å². The number of nitrogens with zero attached hydrogens (tertiary/aromatic N) is 4. The monoisotopic (exact) mass is 389 g/mol. The van der Waals surface area contributed by atoms with Crippen LogP contribution in [0.1, 0.15) is 23.6 Å². The van der Waals surface area contributed by atoms with Crippen molar-refractivity contribution in [1.29, 1.82) is 0 Å². The molecule has 1 amide bonds. The summed E-state index contributed by atoms with van der Waals surface area (Å²) in [4.78, 5) is 38.0. The van der Waals surface area contributed by atoms with E-state index >= 15 is 0 Å². The fourth-order valence-corrected chi connectivity index (χ4v) is 3.53. The molecule has 3 aromatic rings. The number of aryl methyl sites for hydroxylation is 1. The zero-order valence-corrected chi connectivity index (χ0v) is 15.6. The molecule has 1 unspecified atom stereocenters. The zero-order chi connectivity index (χ0) is 20.2. The molecule has 1 saturated heterocycles. The number of carbonyl (C=O) groups is 2. The lowest BCUT2D eigenvalue weighted by molar-refractivity contribution is -0.695. The summed E-state index contributed by atoms with van der Waals surface area (Å²) in [5.74, 6) is -1.87. The normalized spacial score (nSPS) is 18.3. The number of imidazole rings is 1. The molecule has 4 heterocycles. The number of nitrogens with one attached hydrogen (secondary N) is 1. The Morgan fingerprint density at radius 1 is 1.17 bits per heavy atom. The molecule has 29 heavy (non-hydrogen) atoms. The maximum absolute atomic E-state index is 13.1. The van der Waals surface area contributed by atoms with Gasteiger partial charge in [0.05, 0.1) is 12.6 Å². The number of ketones is 1. The van der Waals surface area contributed by atoms with Gasteiger partial charge in [-0.1, -0.05) is 11.8 Å². The van der Waals surface area contributed by atoms with Crippen LogP contribution in [0.4, 0.5) is 0 Å². The Labute approximate surface area is 167 Å². The van der Waals surface area contributed by atoms with E-state index in [1.165, 1.54) is 17.3 Å². The lowest BCUT2D eigenvalue weighted by Crippen LogP contribution is -2.36. The maximum atomic E-state index is 13.1. The molecule has 1 aliphatic heterocycles. The average molecular weight is 389 g/mol. The third-order valence-corrected chi connectivity index (χ3v) is 4.89. The standard InChI is InChI=1S/C21H19N5O3/c27-19(15-4-7-22-8-5-15)17-18(16-3-1-6-23-13-16)26(21(29)20(17)28)11-2-10-25-12-9-24-14-25/h1,3-9,12-14,18H,2,10-11H2,(H,27,28). The number of aromatic amines is 1. The largest absolute Gasteiger partial charge is 0.872 e. The Morgan fingerprint density at radius 2 is 2.00 bits per heavy atom. The van der Waals surface area contributed by atoms with Crippen molar-refractivity contribution in [2.24, 2.45) is 0 Å². The molecule has 0 spiro atoms. The quantitative estimate of drug-likeness (QED) is 0.284. The molecule has 0 aliphatic carbocycles. The molecule has 3 aromatic heterocycles. The second kappa shape index (κ2) is 8.05. The lowest BCUT2D eigenvalue weighted by atomic mass is 9.96. The van der Waals surface area contributed by atoms with Gasteiger partial charge in [0.25, 0.3) is 5.91 Å². The van der Waals surface area contributed by atoms with Gasteiger partial charge in [-0.2, -0.15) is 0 Å². The molecule has 146 valence electrons. The molecular weight excluding hydrogens is 370 g/mol. The number of H-pyrrole nitrogens is 1. The van der Waals surface area contributed by atoms with E-state index in [1.54, 1.807) is 36.7 Å². The highest BCUT2D eigenvalue weighted by molar-refractivity contribution is 6.46. The zero-order valence-electron chi connectivity index (χ0n) is 15.6.